The standard InChI is InChI=1S/C17H14F3N3O2/c1-9(2)16-23-12-7-11(4-5-13(12)25-16)22-15(24)10-3-6-14(21-8-10)17(18,19)20/h3-9H,1-2H3,(H,22,24). The molecular formula is C17H14F3N3O2. The van der Waals surface area contributed by atoms with Crippen LogP contribution in [0.3, 0.4) is 0 Å². The summed E-state index contributed by atoms with van der Waals surface area (Å²) in [5.41, 5.74) is 0.622. The lowest BCUT2D eigenvalue weighted by molar-refractivity contribution is -0.141. The highest BCUT2D eigenvalue weighted by Crippen LogP contribution is 2.27. The number of fused-ring (bicyclic) bond motifs is 1. The van der Waals surface area contributed by atoms with Crippen LogP contribution in [0.1, 0.15) is 41.7 Å². The number of benzene rings is 1. The zero-order valence-corrected chi connectivity index (χ0v) is 13.4. The molecule has 0 unspecified atom stereocenters. The predicted octanol–water partition coefficient (Wildman–Crippen LogP) is 4.62. The molecular weight excluding hydrogens is 335 g/mol. The van der Waals surface area contributed by atoms with Gasteiger partial charge in [0.1, 0.15) is 11.2 Å². The Bertz CT molecular complexity index is 915. The number of rotatable bonds is 3. The van der Waals surface area contributed by atoms with Crippen LogP contribution in [0.4, 0.5) is 18.9 Å². The first-order valence-corrected chi connectivity index (χ1v) is 7.49. The van der Waals surface area contributed by atoms with Gasteiger partial charge in [-0.1, -0.05) is 13.8 Å². The minimum atomic E-state index is -4.54. The second-order valence-corrected chi connectivity index (χ2v) is 5.77. The average molecular weight is 349 g/mol. The number of carbonyl (C=O) groups excluding carboxylic acids is 1. The lowest BCUT2D eigenvalue weighted by Crippen LogP contribution is -2.14. The summed E-state index contributed by atoms with van der Waals surface area (Å²) in [7, 11) is 0. The first-order chi connectivity index (χ1) is 11.7. The van der Waals surface area contributed by atoms with Crippen LogP contribution in [-0.2, 0) is 6.18 Å². The Morgan fingerprint density at radius 3 is 2.56 bits per heavy atom. The highest BCUT2D eigenvalue weighted by molar-refractivity contribution is 6.04. The minimum Gasteiger partial charge on any atom is -0.440 e. The molecule has 0 saturated carbocycles. The van der Waals surface area contributed by atoms with Crippen molar-refractivity contribution in [2.75, 3.05) is 5.32 Å². The van der Waals surface area contributed by atoms with Gasteiger partial charge in [0, 0.05) is 17.8 Å². The van der Waals surface area contributed by atoms with Crippen LogP contribution in [0.25, 0.3) is 11.1 Å². The number of nitrogens with one attached hydrogen (secondary N) is 1. The summed E-state index contributed by atoms with van der Waals surface area (Å²) in [5, 5.41) is 2.61. The van der Waals surface area contributed by atoms with E-state index in [1.807, 2.05) is 13.8 Å². The van der Waals surface area contributed by atoms with Gasteiger partial charge in [0.15, 0.2) is 11.5 Å². The maximum atomic E-state index is 12.5. The fourth-order valence-corrected chi connectivity index (χ4v) is 2.17. The quantitative estimate of drug-likeness (QED) is 0.749. The molecule has 0 atom stereocenters. The van der Waals surface area contributed by atoms with Gasteiger partial charge < -0.3 is 9.73 Å². The number of anilines is 1. The van der Waals surface area contributed by atoms with Crippen LogP contribution in [0.5, 0.6) is 0 Å². The molecule has 0 aliphatic heterocycles. The maximum Gasteiger partial charge on any atom is 0.433 e. The summed E-state index contributed by atoms with van der Waals surface area (Å²) in [6.07, 6.45) is -3.65. The van der Waals surface area contributed by atoms with Gasteiger partial charge in [0.25, 0.3) is 5.91 Å². The molecule has 0 radical (unpaired) electrons. The third kappa shape index (κ3) is 3.62. The van der Waals surface area contributed by atoms with Gasteiger partial charge in [-0.05, 0) is 30.3 Å². The van der Waals surface area contributed by atoms with Gasteiger partial charge in [-0.2, -0.15) is 13.2 Å². The van der Waals surface area contributed by atoms with Crippen molar-refractivity contribution in [2.45, 2.75) is 25.9 Å². The zero-order valence-electron chi connectivity index (χ0n) is 13.4. The van der Waals surface area contributed by atoms with Crippen LogP contribution in [0.2, 0.25) is 0 Å². The van der Waals surface area contributed by atoms with Crippen LogP contribution in [-0.4, -0.2) is 15.9 Å². The van der Waals surface area contributed by atoms with Crippen LogP contribution < -0.4 is 5.32 Å². The lowest BCUT2D eigenvalue weighted by atomic mass is 10.2. The van der Waals surface area contributed by atoms with Gasteiger partial charge in [0.05, 0.1) is 5.56 Å². The van der Waals surface area contributed by atoms with E-state index in [-0.39, 0.29) is 11.5 Å². The molecule has 0 fully saturated rings. The van der Waals surface area contributed by atoms with E-state index in [9.17, 15) is 18.0 Å². The Kier molecular flexibility index (Phi) is 4.20. The van der Waals surface area contributed by atoms with E-state index in [2.05, 4.69) is 15.3 Å². The highest BCUT2D eigenvalue weighted by Gasteiger charge is 2.32. The molecule has 2 aromatic heterocycles. The summed E-state index contributed by atoms with van der Waals surface area (Å²) < 4.78 is 43.1. The van der Waals surface area contributed by atoms with Crippen LogP contribution in [0.15, 0.2) is 40.9 Å². The molecule has 25 heavy (non-hydrogen) atoms. The maximum absolute atomic E-state index is 12.5. The molecule has 1 amide bonds. The van der Waals surface area contributed by atoms with Gasteiger partial charge in [-0.15, -0.1) is 0 Å². The number of nitrogens with zero attached hydrogens (tertiary/aromatic N) is 2. The summed E-state index contributed by atoms with van der Waals surface area (Å²) in [5.74, 6) is 0.155. The lowest BCUT2D eigenvalue weighted by Gasteiger charge is -2.07. The Labute approximate surface area is 140 Å². The summed E-state index contributed by atoms with van der Waals surface area (Å²) in [6.45, 7) is 3.90. The third-order valence-electron chi connectivity index (χ3n) is 3.47. The van der Waals surface area contributed by atoms with Gasteiger partial charge in [-0.25, -0.2) is 4.98 Å². The summed E-state index contributed by atoms with van der Waals surface area (Å²) in [6, 6.07) is 6.79. The monoisotopic (exact) mass is 349 g/mol. The van der Waals surface area contributed by atoms with Crippen LogP contribution in [0, 0.1) is 0 Å². The largest absolute Gasteiger partial charge is 0.440 e. The molecule has 8 heteroatoms. The molecule has 130 valence electrons. The molecule has 3 rings (SSSR count). The van der Waals surface area contributed by atoms with Crippen molar-refractivity contribution >= 4 is 22.7 Å². The molecule has 1 N–H and O–H groups in total. The Hall–Kier alpha value is -2.90. The molecule has 3 aromatic rings. The van der Waals surface area contributed by atoms with Gasteiger partial charge in [0.2, 0.25) is 0 Å². The number of pyridine rings is 1. The molecule has 5 nitrogen and oxygen atoms in total. The van der Waals surface area contributed by atoms with Crippen molar-refractivity contribution in [3.8, 4) is 0 Å². The normalized spacial score (nSPS) is 11.9. The fraction of sp³-hybridized carbons (Fsp3) is 0.235. The van der Waals surface area contributed by atoms with Crippen molar-refractivity contribution in [3.05, 3.63) is 53.7 Å². The van der Waals surface area contributed by atoms with E-state index in [4.69, 9.17) is 4.42 Å². The molecule has 0 spiro atoms. The van der Waals surface area contributed by atoms with Crippen molar-refractivity contribution in [1.82, 2.24) is 9.97 Å². The van der Waals surface area contributed by atoms with E-state index in [0.717, 1.165) is 18.3 Å². The molecule has 0 saturated heterocycles. The number of carbonyl (C=O) groups is 1. The average Bonchev–Trinajstić information content (AvgIpc) is 2.98. The van der Waals surface area contributed by atoms with Crippen LogP contribution >= 0.6 is 0 Å². The topological polar surface area (TPSA) is 68.0 Å². The molecule has 1 aromatic carbocycles. The SMILES string of the molecule is CC(C)c1nc2cc(NC(=O)c3ccc(C(F)(F)F)nc3)ccc2o1. The molecule has 2 heterocycles. The number of hydrogen-bond donors (Lipinski definition) is 1. The van der Waals surface area contributed by atoms with E-state index >= 15 is 0 Å². The number of halogens is 3. The third-order valence-corrected chi connectivity index (χ3v) is 3.47. The van der Waals surface area contributed by atoms with Gasteiger partial charge >= 0.3 is 6.18 Å². The highest BCUT2D eigenvalue weighted by atomic mass is 19.4. The summed E-state index contributed by atoms with van der Waals surface area (Å²) >= 11 is 0. The number of hydrogen-bond acceptors (Lipinski definition) is 4. The molecule has 0 aliphatic rings. The number of amides is 1. The van der Waals surface area contributed by atoms with Crippen molar-refractivity contribution in [3.63, 3.8) is 0 Å². The number of oxazole rings is 1. The van der Waals surface area contributed by atoms with Crippen molar-refractivity contribution in [2.24, 2.45) is 0 Å². The van der Waals surface area contributed by atoms with E-state index < -0.39 is 17.8 Å². The number of alkyl halides is 3. The first kappa shape index (κ1) is 16.9. The molecule has 0 aliphatic carbocycles. The second-order valence-electron chi connectivity index (χ2n) is 5.77. The smallest absolute Gasteiger partial charge is 0.433 e. The van der Waals surface area contributed by atoms with Crippen molar-refractivity contribution < 1.29 is 22.4 Å². The Morgan fingerprint density at radius 2 is 1.96 bits per heavy atom. The minimum absolute atomic E-state index is 0.0242. The molecule has 0 bridgehead atoms. The first-order valence-electron chi connectivity index (χ1n) is 7.49. The van der Waals surface area contributed by atoms with E-state index in [0.29, 0.717) is 22.7 Å². The predicted molar refractivity (Wildman–Crippen MR) is 85.3 cm³/mol. The fourth-order valence-electron chi connectivity index (χ4n) is 2.17. The Balaban J connectivity index is 1.79. The zero-order chi connectivity index (χ0) is 18.2. The van der Waals surface area contributed by atoms with E-state index in [1.54, 1.807) is 18.2 Å². The van der Waals surface area contributed by atoms with Crippen molar-refractivity contribution in [1.29, 1.82) is 0 Å². The summed E-state index contributed by atoms with van der Waals surface area (Å²) in [4.78, 5) is 19.8. The second kappa shape index (κ2) is 6.19. The van der Waals surface area contributed by atoms with E-state index in [1.165, 1.54) is 0 Å². The number of aromatic nitrogens is 2. The Morgan fingerprint density at radius 1 is 1.20 bits per heavy atom. The van der Waals surface area contributed by atoms with Gasteiger partial charge in [-0.3, -0.25) is 9.78 Å².